The molecule has 0 amide bonds. The van der Waals surface area contributed by atoms with Gasteiger partial charge < -0.3 is 9.55 Å². The van der Waals surface area contributed by atoms with Crippen molar-refractivity contribution >= 4 is 16.8 Å². The van der Waals surface area contributed by atoms with Gasteiger partial charge in [0.15, 0.2) is 0 Å². The molecule has 0 fully saturated rings. The highest BCUT2D eigenvalue weighted by Crippen LogP contribution is 2.26. The molecule has 0 radical (unpaired) electrons. The molecule has 2 aromatic heterocycles. The van der Waals surface area contributed by atoms with Crippen LogP contribution in [0.25, 0.3) is 22.2 Å². The maximum Gasteiger partial charge on any atom is 0.134 e. The van der Waals surface area contributed by atoms with E-state index in [2.05, 4.69) is 49.8 Å². The number of rotatable bonds is 5. The molecule has 1 aliphatic rings. The van der Waals surface area contributed by atoms with Gasteiger partial charge in [-0.25, -0.2) is 9.97 Å². The summed E-state index contributed by atoms with van der Waals surface area (Å²) < 4.78 is 2.36. The number of Topliss-reactive ketones (excluding diaryl/α,β-unsaturated/α-hetero) is 1. The minimum Gasteiger partial charge on any atom is -0.347 e. The van der Waals surface area contributed by atoms with E-state index in [0.29, 0.717) is 6.42 Å². The predicted octanol–water partition coefficient (Wildman–Crippen LogP) is 3.62. The number of nitrogens with zero attached hydrogens (tertiary/aromatic N) is 4. The van der Waals surface area contributed by atoms with Crippen molar-refractivity contribution in [2.75, 3.05) is 13.1 Å². The topological polar surface area (TPSA) is 66.8 Å². The van der Waals surface area contributed by atoms with Crippen LogP contribution < -0.4 is 0 Å². The van der Waals surface area contributed by atoms with E-state index in [1.165, 1.54) is 5.52 Å². The molecule has 3 heterocycles. The summed E-state index contributed by atoms with van der Waals surface area (Å²) in [5.41, 5.74) is 6.77. The molecule has 0 spiro atoms. The van der Waals surface area contributed by atoms with Crippen LogP contribution >= 0.6 is 0 Å². The molecule has 5 rings (SSSR count). The smallest absolute Gasteiger partial charge is 0.134 e. The van der Waals surface area contributed by atoms with E-state index in [0.717, 1.165) is 66.3 Å². The van der Waals surface area contributed by atoms with Crippen LogP contribution in [0.1, 0.15) is 24.0 Å². The number of carbonyl (C=O) groups is 1. The van der Waals surface area contributed by atoms with Crippen molar-refractivity contribution in [3.63, 3.8) is 0 Å². The Labute approximate surface area is 175 Å². The second-order valence-electron chi connectivity index (χ2n) is 8.06. The average molecular weight is 399 g/mol. The predicted molar refractivity (Wildman–Crippen MR) is 117 cm³/mol. The van der Waals surface area contributed by atoms with E-state index >= 15 is 0 Å². The molecule has 0 saturated heterocycles. The third kappa shape index (κ3) is 3.78. The first-order valence-electron chi connectivity index (χ1n) is 10.4. The first-order valence-corrected chi connectivity index (χ1v) is 10.4. The Morgan fingerprint density at radius 3 is 2.67 bits per heavy atom. The Morgan fingerprint density at radius 1 is 1.07 bits per heavy atom. The molecule has 4 aromatic rings. The number of hydrogen-bond acceptors (Lipinski definition) is 4. The zero-order valence-electron chi connectivity index (χ0n) is 17.1. The molecule has 6 heteroatoms. The summed E-state index contributed by atoms with van der Waals surface area (Å²) in [6, 6.07) is 14.8. The molecular weight excluding hydrogens is 374 g/mol. The fraction of sp³-hybridized carbons (Fsp3) is 0.292. The largest absolute Gasteiger partial charge is 0.347 e. The van der Waals surface area contributed by atoms with Gasteiger partial charge in [0.2, 0.25) is 0 Å². The van der Waals surface area contributed by atoms with Gasteiger partial charge in [-0.15, -0.1) is 0 Å². The van der Waals surface area contributed by atoms with Gasteiger partial charge in [0, 0.05) is 50.9 Å². The second-order valence-corrected chi connectivity index (χ2v) is 8.06. The molecule has 0 atom stereocenters. The molecular formula is C24H25N5O. The number of H-pyrrole nitrogens is 1. The first-order chi connectivity index (χ1) is 14.7. The number of nitrogens with one attached hydrogen (secondary N) is 1. The molecule has 2 aromatic carbocycles. The van der Waals surface area contributed by atoms with E-state index in [1.807, 2.05) is 18.3 Å². The average Bonchev–Trinajstić information content (AvgIpc) is 3.32. The standard InChI is InChI=1S/C24H25N5O/c1-17(30)12-18-2-4-19(5-3-18)20-6-7-23-22(13-20)27-24-8-9-28(10-11-29(23)24)15-21-14-25-16-26-21/h2-7,13-14,16H,8-12,15H2,1H3,(H,25,26). The Bertz CT molecular complexity index is 1170. The number of aromatic amines is 1. The van der Waals surface area contributed by atoms with Crippen LogP contribution in [0.4, 0.5) is 0 Å². The van der Waals surface area contributed by atoms with E-state index in [-0.39, 0.29) is 5.78 Å². The molecule has 0 unspecified atom stereocenters. The molecule has 1 aliphatic heterocycles. The van der Waals surface area contributed by atoms with Crippen molar-refractivity contribution in [2.45, 2.75) is 32.9 Å². The zero-order valence-corrected chi connectivity index (χ0v) is 17.1. The minimum absolute atomic E-state index is 0.187. The van der Waals surface area contributed by atoms with Gasteiger partial charge in [-0.1, -0.05) is 30.3 Å². The van der Waals surface area contributed by atoms with E-state index in [9.17, 15) is 4.79 Å². The second kappa shape index (κ2) is 7.88. The number of fused-ring (bicyclic) bond motifs is 3. The van der Waals surface area contributed by atoms with Crippen LogP contribution in [0.2, 0.25) is 0 Å². The molecule has 0 bridgehead atoms. The van der Waals surface area contributed by atoms with Gasteiger partial charge in [0.25, 0.3) is 0 Å². The summed E-state index contributed by atoms with van der Waals surface area (Å²) in [5, 5.41) is 0. The van der Waals surface area contributed by atoms with Crippen molar-refractivity contribution in [2.24, 2.45) is 0 Å². The molecule has 0 saturated carbocycles. The zero-order chi connectivity index (χ0) is 20.5. The summed E-state index contributed by atoms with van der Waals surface area (Å²) >= 11 is 0. The number of ketones is 1. The Balaban J connectivity index is 1.36. The molecule has 152 valence electrons. The van der Waals surface area contributed by atoms with E-state index < -0.39 is 0 Å². The van der Waals surface area contributed by atoms with Crippen LogP contribution in [0.15, 0.2) is 55.0 Å². The fourth-order valence-corrected chi connectivity index (χ4v) is 4.28. The highest BCUT2D eigenvalue weighted by Gasteiger charge is 2.18. The lowest BCUT2D eigenvalue weighted by molar-refractivity contribution is -0.116. The van der Waals surface area contributed by atoms with Gasteiger partial charge in [-0.3, -0.25) is 9.69 Å². The third-order valence-electron chi connectivity index (χ3n) is 5.81. The summed E-state index contributed by atoms with van der Waals surface area (Å²) in [6.07, 6.45) is 5.07. The number of benzene rings is 2. The third-order valence-corrected chi connectivity index (χ3v) is 5.81. The summed E-state index contributed by atoms with van der Waals surface area (Å²) in [5.74, 6) is 1.35. The SMILES string of the molecule is CC(=O)Cc1ccc(-c2ccc3c(c2)nc2n3CCN(Cc3cnc[nH]3)CC2)cc1. The van der Waals surface area contributed by atoms with Crippen molar-refractivity contribution in [1.82, 2.24) is 24.4 Å². The number of hydrogen-bond donors (Lipinski definition) is 1. The van der Waals surface area contributed by atoms with Crippen LogP contribution in [0.3, 0.4) is 0 Å². The van der Waals surface area contributed by atoms with Crippen LogP contribution in [0, 0.1) is 0 Å². The molecule has 0 aliphatic carbocycles. The normalized spacial score (nSPS) is 14.6. The maximum atomic E-state index is 11.3. The van der Waals surface area contributed by atoms with Crippen molar-refractivity contribution in [1.29, 1.82) is 0 Å². The van der Waals surface area contributed by atoms with E-state index in [1.54, 1.807) is 13.3 Å². The lowest BCUT2D eigenvalue weighted by Crippen LogP contribution is -2.26. The maximum absolute atomic E-state index is 11.3. The number of imidazole rings is 2. The van der Waals surface area contributed by atoms with E-state index in [4.69, 9.17) is 4.98 Å². The van der Waals surface area contributed by atoms with Gasteiger partial charge in [-0.2, -0.15) is 0 Å². The van der Waals surface area contributed by atoms with Gasteiger partial charge in [0.05, 0.1) is 17.4 Å². The van der Waals surface area contributed by atoms with Gasteiger partial charge in [0.1, 0.15) is 11.6 Å². The minimum atomic E-state index is 0.187. The van der Waals surface area contributed by atoms with Crippen molar-refractivity contribution in [3.05, 3.63) is 72.1 Å². The Kier molecular flexibility index (Phi) is 4.93. The fourth-order valence-electron chi connectivity index (χ4n) is 4.28. The molecule has 30 heavy (non-hydrogen) atoms. The lowest BCUT2D eigenvalue weighted by atomic mass is 10.0. The Morgan fingerprint density at radius 2 is 1.90 bits per heavy atom. The quantitative estimate of drug-likeness (QED) is 0.557. The lowest BCUT2D eigenvalue weighted by Gasteiger charge is -2.18. The van der Waals surface area contributed by atoms with Crippen LogP contribution in [0.5, 0.6) is 0 Å². The monoisotopic (exact) mass is 399 g/mol. The van der Waals surface area contributed by atoms with Crippen LogP contribution in [-0.4, -0.2) is 43.3 Å². The van der Waals surface area contributed by atoms with Crippen LogP contribution in [-0.2, 0) is 30.7 Å². The summed E-state index contributed by atoms with van der Waals surface area (Å²) in [4.78, 5) is 26.0. The highest BCUT2D eigenvalue weighted by atomic mass is 16.1. The number of aromatic nitrogens is 4. The summed E-state index contributed by atoms with van der Waals surface area (Å²) in [6.45, 7) is 5.45. The Hall–Kier alpha value is -3.25. The van der Waals surface area contributed by atoms with Crippen molar-refractivity contribution in [3.8, 4) is 11.1 Å². The molecule has 6 nitrogen and oxygen atoms in total. The first kappa shape index (κ1) is 18.8. The van der Waals surface area contributed by atoms with Crippen molar-refractivity contribution < 1.29 is 4.79 Å². The number of carbonyl (C=O) groups excluding carboxylic acids is 1. The highest BCUT2D eigenvalue weighted by molar-refractivity contribution is 5.83. The summed E-state index contributed by atoms with van der Waals surface area (Å²) in [7, 11) is 0. The molecule has 1 N–H and O–H groups in total. The van der Waals surface area contributed by atoms with Gasteiger partial charge in [-0.05, 0) is 35.7 Å². The van der Waals surface area contributed by atoms with Gasteiger partial charge >= 0.3 is 0 Å².